The number of nitrogen functional groups attached to an aromatic ring is 1. The molecule has 0 amide bonds. The summed E-state index contributed by atoms with van der Waals surface area (Å²) in [6.07, 6.45) is 6.71. The molecule has 0 bridgehead atoms. The molecule has 0 unspecified atom stereocenters. The van der Waals surface area contributed by atoms with Crippen LogP contribution in [0.3, 0.4) is 0 Å². The van der Waals surface area contributed by atoms with Gasteiger partial charge in [-0.1, -0.05) is 19.3 Å². The van der Waals surface area contributed by atoms with Crippen LogP contribution >= 0.6 is 0 Å². The summed E-state index contributed by atoms with van der Waals surface area (Å²) in [4.78, 5) is 2.42. The molecule has 1 saturated carbocycles. The maximum atomic E-state index is 5.72. The molecule has 2 heteroatoms. The van der Waals surface area contributed by atoms with Crippen LogP contribution < -0.4 is 10.6 Å². The van der Waals surface area contributed by atoms with Crippen LogP contribution in [-0.2, 0) is 0 Å². The zero-order valence-corrected chi connectivity index (χ0v) is 10.4. The number of hydrogen-bond donors (Lipinski definition) is 1. The van der Waals surface area contributed by atoms with Gasteiger partial charge in [-0.3, -0.25) is 0 Å². The third kappa shape index (κ3) is 2.16. The molecule has 0 atom stereocenters. The molecule has 1 aliphatic rings. The van der Waals surface area contributed by atoms with Crippen molar-refractivity contribution in [2.24, 2.45) is 0 Å². The van der Waals surface area contributed by atoms with Gasteiger partial charge in [0, 0.05) is 24.0 Å². The average molecular weight is 218 g/mol. The van der Waals surface area contributed by atoms with Crippen LogP contribution in [0.2, 0.25) is 0 Å². The summed E-state index contributed by atoms with van der Waals surface area (Å²) in [6.45, 7) is 2.38. The molecule has 1 aliphatic carbocycles. The highest BCUT2D eigenvalue weighted by Crippen LogP contribution is 2.35. The SMILES string of the molecule is CN(c1ccc(N)cc1)C1(C)CCCCC1. The zero-order chi connectivity index (χ0) is 11.6. The van der Waals surface area contributed by atoms with Crippen LogP contribution in [-0.4, -0.2) is 12.6 Å². The molecule has 0 spiro atoms. The first kappa shape index (κ1) is 11.3. The molecule has 1 aromatic carbocycles. The summed E-state index contributed by atoms with van der Waals surface area (Å²) in [5.74, 6) is 0. The van der Waals surface area contributed by atoms with E-state index in [1.807, 2.05) is 12.1 Å². The van der Waals surface area contributed by atoms with Gasteiger partial charge in [0.2, 0.25) is 0 Å². The Morgan fingerprint density at radius 1 is 1.06 bits per heavy atom. The van der Waals surface area contributed by atoms with Crippen molar-refractivity contribution >= 4 is 11.4 Å². The topological polar surface area (TPSA) is 29.3 Å². The molecule has 0 aliphatic heterocycles. The number of nitrogens with zero attached hydrogens (tertiary/aromatic N) is 1. The Balaban J connectivity index is 2.16. The zero-order valence-electron chi connectivity index (χ0n) is 10.4. The molecular weight excluding hydrogens is 196 g/mol. The van der Waals surface area contributed by atoms with E-state index in [1.54, 1.807) is 0 Å². The second-order valence-corrected chi connectivity index (χ2v) is 5.21. The molecule has 0 saturated heterocycles. The molecule has 2 nitrogen and oxygen atoms in total. The Morgan fingerprint density at radius 3 is 2.19 bits per heavy atom. The largest absolute Gasteiger partial charge is 0.399 e. The van der Waals surface area contributed by atoms with Gasteiger partial charge in [0.05, 0.1) is 0 Å². The lowest BCUT2D eigenvalue weighted by Crippen LogP contribution is -2.45. The van der Waals surface area contributed by atoms with Crippen molar-refractivity contribution < 1.29 is 0 Å². The summed E-state index contributed by atoms with van der Waals surface area (Å²) in [5.41, 5.74) is 8.16. The lowest BCUT2D eigenvalue weighted by Gasteiger charge is -2.43. The van der Waals surface area contributed by atoms with Crippen molar-refractivity contribution in [1.82, 2.24) is 0 Å². The first-order valence-corrected chi connectivity index (χ1v) is 6.21. The molecule has 0 radical (unpaired) electrons. The molecule has 16 heavy (non-hydrogen) atoms. The highest BCUT2D eigenvalue weighted by molar-refractivity contribution is 5.54. The van der Waals surface area contributed by atoms with Gasteiger partial charge >= 0.3 is 0 Å². The van der Waals surface area contributed by atoms with Gasteiger partial charge in [0.1, 0.15) is 0 Å². The molecule has 0 heterocycles. The number of benzene rings is 1. The highest BCUT2D eigenvalue weighted by atomic mass is 15.2. The first-order chi connectivity index (χ1) is 7.62. The standard InChI is InChI=1S/C14H22N2/c1-14(10-4-3-5-11-14)16(2)13-8-6-12(15)7-9-13/h6-9H,3-5,10-11,15H2,1-2H3. The van der Waals surface area contributed by atoms with Crippen LogP contribution in [0.25, 0.3) is 0 Å². The van der Waals surface area contributed by atoms with Gasteiger partial charge in [0.15, 0.2) is 0 Å². The summed E-state index contributed by atoms with van der Waals surface area (Å²) < 4.78 is 0. The predicted molar refractivity (Wildman–Crippen MR) is 70.7 cm³/mol. The summed E-state index contributed by atoms with van der Waals surface area (Å²) in [7, 11) is 2.21. The number of nitrogens with two attached hydrogens (primary N) is 1. The molecule has 1 fully saturated rings. The van der Waals surface area contributed by atoms with E-state index in [1.165, 1.54) is 37.8 Å². The molecule has 2 rings (SSSR count). The Bertz CT molecular complexity index is 336. The Kier molecular flexibility index (Phi) is 3.08. The van der Waals surface area contributed by atoms with Gasteiger partial charge in [-0.15, -0.1) is 0 Å². The minimum absolute atomic E-state index is 0.328. The first-order valence-electron chi connectivity index (χ1n) is 6.21. The van der Waals surface area contributed by atoms with Gasteiger partial charge in [0.25, 0.3) is 0 Å². The van der Waals surface area contributed by atoms with E-state index in [0.717, 1.165) is 5.69 Å². The van der Waals surface area contributed by atoms with Crippen LogP contribution in [0.15, 0.2) is 24.3 Å². The second kappa shape index (κ2) is 4.36. The Hall–Kier alpha value is -1.18. The van der Waals surface area contributed by atoms with Crippen LogP contribution in [0.4, 0.5) is 11.4 Å². The quantitative estimate of drug-likeness (QED) is 0.771. The Labute approximate surface area is 98.4 Å². The summed E-state index contributed by atoms with van der Waals surface area (Å²) >= 11 is 0. The lowest BCUT2D eigenvalue weighted by molar-refractivity contribution is 0.309. The second-order valence-electron chi connectivity index (χ2n) is 5.21. The van der Waals surface area contributed by atoms with Crippen LogP contribution in [0, 0.1) is 0 Å². The fourth-order valence-electron chi connectivity index (χ4n) is 2.66. The van der Waals surface area contributed by atoms with Crippen molar-refractivity contribution in [3.63, 3.8) is 0 Å². The van der Waals surface area contributed by atoms with E-state index in [4.69, 9.17) is 5.73 Å². The number of anilines is 2. The molecular formula is C14H22N2. The van der Waals surface area contributed by atoms with Crippen molar-refractivity contribution in [2.45, 2.75) is 44.6 Å². The van der Waals surface area contributed by atoms with Gasteiger partial charge in [-0.2, -0.15) is 0 Å². The fraction of sp³-hybridized carbons (Fsp3) is 0.571. The fourth-order valence-corrected chi connectivity index (χ4v) is 2.66. The number of rotatable bonds is 2. The predicted octanol–water partition coefficient (Wildman–Crippen LogP) is 3.43. The van der Waals surface area contributed by atoms with Crippen LogP contribution in [0.5, 0.6) is 0 Å². The third-order valence-electron chi connectivity index (χ3n) is 4.02. The molecule has 2 N–H and O–H groups in total. The van der Waals surface area contributed by atoms with E-state index in [2.05, 4.69) is 31.0 Å². The minimum atomic E-state index is 0.328. The third-order valence-corrected chi connectivity index (χ3v) is 4.02. The highest BCUT2D eigenvalue weighted by Gasteiger charge is 2.30. The van der Waals surface area contributed by atoms with Crippen LogP contribution in [0.1, 0.15) is 39.0 Å². The maximum absolute atomic E-state index is 5.72. The van der Waals surface area contributed by atoms with E-state index in [-0.39, 0.29) is 0 Å². The average Bonchev–Trinajstić information content (AvgIpc) is 2.30. The van der Waals surface area contributed by atoms with E-state index in [9.17, 15) is 0 Å². The summed E-state index contributed by atoms with van der Waals surface area (Å²) in [5, 5.41) is 0. The minimum Gasteiger partial charge on any atom is -0.399 e. The van der Waals surface area contributed by atoms with Gasteiger partial charge < -0.3 is 10.6 Å². The van der Waals surface area contributed by atoms with E-state index in [0.29, 0.717) is 5.54 Å². The van der Waals surface area contributed by atoms with E-state index >= 15 is 0 Å². The molecule has 0 aromatic heterocycles. The van der Waals surface area contributed by atoms with Crippen molar-refractivity contribution in [3.05, 3.63) is 24.3 Å². The lowest BCUT2D eigenvalue weighted by atomic mass is 9.82. The monoisotopic (exact) mass is 218 g/mol. The van der Waals surface area contributed by atoms with E-state index < -0.39 is 0 Å². The smallest absolute Gasteiger partial charge is 0.0371 e. The van der Waals surface area contributed by atoms with Gasteiger partial charge in [-0.25, -0.2) is 0 Å². The summed E-state index contributed by atoms with van der Waals surface area (Å²) in [6, 6.07) is 8.21. The number of hydrogen-bond acceptors (Lipinski definition) is 2. The van der Waals surface area contributed by atoms with Gasteiger partial charge in [-0.05, 0) is 44.0 Å². The maximum Gasteiger partial charge on any atom is 0.0371 e. The Morgan fingerprint density at radius 2 is 1.62 bits per heavy atom. The molecule has 88 valence electrons. The normalized spacial score (nSPS) is 19.4. The van der Waals surface area contributed by atoms with Crippen molar-refractivity contribution in [3.8, 4) is 0 Å². The van der Waals surface area contributed by atoms with Crippen molar-refractivity contribution in [2.75, 3.05) is 17.7 Å². The molecule has 1 aromatic rings. The van der Waals surface area contributed by atoms with Crippen molar-refractivity contribution in [1.29, 1.82) is 0 Å².